The van der Waals surface area contributed by atoms with Crippen molar-refractivity contribution in [3.05, 3.63) is 24.0 Å². The van der Waals surface area contributed by atoms with Crippen LogP contribution in [0.5, 0.6) is 0 Å². The normalized spacial score (nSPS) is 10.2. The summed E-state index contributed by atoms with van der Waals surface area (Å²) in [6.07, 6.45) is 2.74. The van der Waals surface area contributed by atoms with E-state index < -0.39 is 0 Å². The molecule has 0 unspecified atom stereocenters. The summed E-state index contributed by atoms with van der Waals surface area (Å²) in [7, 11) is 3.96. The highest BCUT2D eigenvalue weighted by atomic mass is 16.1. The smallest absolute Gasteiger partial charge is 0.269 e. The number of carbonyl (C=O) groups is 1. The molecule has 0 saturated carbocycles. The second-order valence-corrected chi connectivity index (χ2v) is 4.14. The summed E-state index contributed by atoms with van der Waals surface area (Å²) in [5, 5.41) is 5.87. The molecule has 0 aliphatic heterocycles. The molecule has 0 spiro atoms. The summed E-state index contributed by atoms with van der Waals surface area (Å²) >= 11 is 0. The molecule has 1 aromatic heterocycles. The quantitative estimate of drug-likeness (QED) is 0.705. The molecular formula is C13H22N4O. The summed E-state index contributed by atoms with van der Waals surface area (Å²) in [5.41, 5.74) is 1.48. The summed E-state index contributed by atoms with van der Waals surface area (Å²) in [6.45, 7) is 4.44. The minimum Gasteiger partial charge on any atom is -0.374 e. The lowest BCUT2D eigenvalue weighted by Gasteiger charge is -2.19. The highest BCUT2D eigenvalue weighted by molar-refractivity contribution is 5.93. The van der Waals surface area contributed by atoms with Crippen molar-refractivity contribution in [2.24, 2.45) is 0 Å². The second kappa shape index (κ2) is 7.66. The standard InChI is InChI=1S/C13H22N4O/c1-4-15-13(18)12-10-11(6-8-16-12)17(3)9-5-7-14-2/h6,8,10,14H,4-5,7,9H2,1-3H3,(H,15,18). The molecular weight excluding hydrogens is 228 g/mol. The average molecular weight is 250 g/mol. The van der Waals surface area contributed by atoms with E-state index in [1.807, 2.05) is 33.2 Å². The van der Waals surface area contributed by atoms with Gasteiger partial charge < -0.3 is 15.5 Å². The Morgan fingerprint density at radius 3 is 2.94 bits per heavy atom. The first-order chi connectivity index (χ1) is 8.69. The van der Waals surface area contributed by atoms with Crippen LogP contribution in [0.2, 0.25) is 0 Å². The largest absolute Gasteiger partial charge is 0.374 e. The van der Waals surface area contributed by atoms with Gasteiger partial charge in [0.25, 0.3) is 5.91 Å². The van der Waals surface area contributed by atoms with Crippen LogP contribution in [0.1, 0.15) is 23.8 Å². The number of hydrogen-bond donors (Lipinski definition) is 2. The van der Waals surface area contributed by atoms with Gasteiger partial charge >= 0.3 is 0 Å². The van der Waals surface area contributed by atoms with E-state index in [4.69, 9.17) is 0 Å². The van der Waals surface area contributed by atoms with Gasteiger partial charge in [0.2, 0.25) is 0 Å². The molecule has 0 radical (unpaired) electrons. The van der Waals surface area contributed by atoms with Gasteiger partial charge in [-0.25, -0.2) is 0 Å². The lowest BCUT2D eigenvalue weighted by atomic mass is 10.2. The first kappa shape index (κ1) is 14.4. The van der Waals surface area contributed by atoms with Gasteiger partial charge in [-0.1, -0.05) is 0 Å². The lowest BCUT2D eigenvalue weighted by molar-refractivity contribution is 0.0951. The number of rotatable bonds is 7. The molecule has 0 saturated heterocycles. The number of nitrogens with zero attached hydrogens (tertiary/aromatic N) is 2. The topological polar surface area (TPSA) is 57.3 Å². The SMILES string of the molecule is CCNC(=O)c1cc(N(C)CCCNC)ccn1. The van der Waals surface area contributed by atoms with Crippen LogP contribution in [0.3, 0.4) is 0 Å². The van der Waals surface area contributed by atoms with Crippen molar-refractivity contribution >= 4 is 11.6 Å². The Labute approximate surface area is 109 Å². The molecule has 0 aliphatic carbocycles. The monoisotopic (exact) mass is 250 g/mol. The minimum atomic E-state index is -0.122. The fourth-order valence-corrected chi connectivity index (χ4v) is 1.65. The Morgan fingerprint density at radius 1 is 1.50 bits per heavy atom. The van der Waals surface area contributed by atoms with Crippen molar-refractivity contribution in [2.45, 2.75) is 13.3 Å². The highest BCUT2D eigenvalue weighted by Crippen LogP contribution is 2.13. The van der Waals surface area contributed by atoms with Crippen molar-refractivity contribution in [3.63, 3.8) is 0 Å². The molecule has 0 aromatic carbocycles. The summed E-state index contributed by atoms with van der Waals surface area (Å²) in [5.74, 6) is -0.122. The van der Waals surface area contributed by atoms with Gasteiger partial charge in [-0.3, -0.25) is 9.78 Å². The first-order valence-electron chi connectivity index (χ1n) is 6.29. The van der Waals surface area contributed by atoms with Crippen LogP contribution in [-0.2, 0) is 0 Å². The fraction of sp³-hybridized carbons (Fsp3) is 0.538. The van der Waals surface area contributed by atoms with E-state index in [0.29, 0.717) is 12.2 Å². The molecule has 5 nitrogen and oxygen atoms in total. The maximum absolute atomic E-state index is 11.7. The molecule has 1 aromatic rings. The molecule has 18 heavy (non-hydrogen) atoms. The van der Waals surface area contributed by atoms with E-state index in [2.05, 4.69) is 20.5 Å². The van der Waals surface area contributed by atoms with E-state index in [-0.39, 0.29) is 5.91 Å². The van der Waals surface area contributed by atoms with Crippen molar-refractivity contribution in [1.29, 1.82) is 0 Å². The van der Waals surface area contributed by atoms with E-state index >= 15 is 0 Å². The summed E-state index contributed by atoms with van der Waals surface area (Å²) in [6, 6.07) is 3.74. The van der Waals surface area contributed by atoms with Gasteiger partial charge in [0.05, 0.1) is 0 Å². The number of amides is 1. The van der Waals surface area contributed by atoms with Gasteiger partial charge in [-0.2, -0.15) is 0 Å². The maximum Gasteiger partial charge on any atom is 0.269 e. The Bertz CT molecular complexity index is 381. The third-order valence-electron chi connectivity index (χ3n) is 2.67. The molecule has 1 rings (SSSR count). The number of hydrogen-bond acceptors (Lipinski definition) is 4. The van der Waals surface area contributed by atoms with E-state index in [1.165, 1.54) is 0 Å². The van der Waals surface area contributed by atoms with Crippen molar-refractivity contribution < 1.29 is 4.79 Å². The van der Waals surface area contributed by atoms with Gasteiger partial charge in [-0.15, -0.1) is 0 Å². The number of carbonyl (C=O) groups excluding carboxylic acids is 1. The van der Waals surface area contributed by atoms with Crippen LogP contribution < -0.4 is 15.5 Å². The van der Waals surface area contributed by atoms with Crippen LogP contribution in [0, 0.1) is 0 Å². The number of nitrogens with one attached hydrogen (secondary N) is 2. The molecule has 0 fully saturated rings. The molecule has 0 atom stereocenters. The number of aromatic nitrogens is 1. The van der Waals surface area contributed by atoms with Crippen LogP contribution in [0.15, 0.2) is 18.3 Å². The molecule has 0 aliphatic rings. The van der Waals surface area contributed by atoms with Crippen LogP contribution in [0.4, 0.5) is 5.69 Å². The lowest BCUT2D eigenvalue weighted by Crippen LogP contribution is -2.25. The molecule has 0 bridgehead atoms. The number of anilines is 1. The van der Waals surface area contributed by atoms with Gasteiger partial charge in [0.15, 0.2) is 0 Å². The Kier molecular flexibility index (Phi) is 6.14. The van der Waals surface area contributed by atoms with Gasteiger partial charge in [-0.05, 0) is 39.1 Å². The van der Waals surface area contributed by atoms with E-state index in [0.717, 1.165) is 25.2 Å². The van der Waals surface area contributed by atoms with Crippen LogP contribution in [-0.4, -0.2) is 44.6 Å². The molecule has 5 heteroatoms. The zero-order chi connectivity index (χ0) is 13.4. The van der Waals surface area contributed by atoms with Crippen molar-refractivity contribution in [3.8, 4) is 0 Å². The molecule has 2 N–H and O–H groups in total. The Balaban J connectivity index is 2.66. The molecule has 1 heterocycles. The number of pyridine rings is 1. The predicted octanol–water partition coefficient (Wildman–Crippen LogP) is 0.877. The van der Waals surface area contributed by atoms with Crippen LogP contribution in [0.25, 0.3) is 0 Å². The zero-order valence-corrected chi connectivity index (χ0v) is 11.4. The summed E-state index contributed by atoms with van der Waals surface area (Å²) < 4.78 is 0. The summed E-state index contributed by atoms with van der Waals surface area (Å²) in [4.78, 5) is 17.9. The highest BCUT2D eigenvalue weighted by Gasteiger charge is 2.08. The van der Waals surface area contributed by atoms with E-state index in [9.17, 15) is 4.79 Å². The van der Waals surface area contributed by atoms with E-state index in [1.54, 1.807) is 6.20 Å². The van der Waals surface area contributed by atoms with Gasteiger partial charge in [0, 0.05) is 32.0 Å². The second-order valence-electron chi connectivity index (χ2n) is 4.14. The minimum absolute atomic E-state index is 0.122. The fourth-order valence-electron chi connectivity index (χ4n) is 1.65. The zero-order valence-electron chi connectivity index (χ0n) is 11.4. The first-order valence-corrected chi connectivity index (χ1v) is 6.29. The van der Waals surface area contributed by atoms with Gasteiger partial charge in [0.1, 0.15) is 5.69 Å². The molecule has 1 amide bonds. The maximum atomic E-state index is 11.7. The average Bonchev–Trinajstić information content (AvgIpc) is 2.39. The Hall–Kier alpha value is -1.62. The Morgan fingerprint density at radius 2 is 2.28 bits per heavy atom. The molecule has 100 valence electrons. The third kappa shape index (κ3) is 4.33. The van der Waals surface area contributed by atoms with Crippen molar-refractivity contribution in [2.75, 3.05) is 38.6 Å². The third-order valence-corrected chi connectivity index (χ3v) is 2.67. The van der Waals surface area contributed by atoms with Crippen LogP contribution >= 0.6 is 0 Å². The van der Waals surface area contributed by atoms with Crippen molar-refractivity contribution in [1.82, 2.24) is 15.6 Å². The predicted molar refractivity (Wildman–Crippen MR) is 74.1 cm³/mol.